The molecule has 0 bridgehead atoms. The van der Waals surface area contributed by atoms with Gasteiger partial charge in [0.1, 0.15) is 0 Å². The molecule has 1 aliphatic rings. The number of para-hydroxylation sites is 1. The van der Waals surface area contributed by atoms with Crippen LogP contribution in [0, 0.1) is 5.92 Å². The van der Waals surface area contributed by atoms with Crippen molar-refractivity contribution in [2.24, 2.45) is 5.92 Å². The lowest BCUT2D eigenvalue weighted by atomic mass is 9.89. The quantitative estimate of drug-likeness (QED) is 0.804. The number of nitrogens with one attached hydrogen (secondary N) is 1. The van der Waals surface area contributed by atoms with Crippen molar-refractivity contribution in [2.75, 3.05) is 18.9 Å². The standard InChI is InChI=1S/C17H22N2O4/c1-19(10-4-7-16(21)22)15(20)9-8-13-11-12-5-2-3-6-14(12)18-17(13)23/h2-3,5-6,13H,4,7-11H2,1H3,(H,18,23)(H,21,22). The lowest BCUT2D eigenvalue weighted by Gasteiger charge is -2.25. The monoisotopic (exact) mass is 318 g/mol. The Morgan fingerprint density at radius 1 is 1.30 bits per heavy atom. The molecule has 1 unspecified atom stereocenters. The Morgan fingerprint density at radius 3 is 2.78 bits per heavy atom. The molecule has 2 amide bonds. The average molecular weight is 318 g/mol. The lowest BCUT2D eigenvalue weighted by Crippen LogP contribution is -2.32. The van der Waals surface area contributed by atoms with Crippen LogP contribution < -0.4 is 5.32 Å². The van der Waals surface area contributed by atoms with Crippen LogP contribution in [0.4, 0.5) is 5.69 Å². The highest BCUT2D eigenvalue weighted by Crippen LogP contribution is 2.27. The number of carboxylic acid groups (broad SMARTS) is 1. The van der Waals surface area contributed by atoms with Crippen LogP contribution in [-0.2, 0) is 20.8 Å². The summed E-state index contributed by atoms with van der Waals surface area (Å²) >= 11 is 0. The first-order chi connectivity index (χ1) is 11.0. The van der Waals surface area contributed by atoms with E-state index in [2.05, 4.69) is 5.32 Å². The number of aliphatic carboxylic acids is 1. The van der Waals surface area contributed by atoms with Crippen molar-refractivity contribution in [3.8, 4) is 0 Å². The second kappa shape index (κ2) is 7.76. The van der Waals surface area contributed by atoms with Gasteiger partial charge in [0.2, 0.25) is 11.8 Å². The van der Waals surface area contributed by atoms with Crippen LogP contribution in [0.5, 0.6) is 0 Å². The molecule has 1 aromatic rings. The Labute approximate surface area is 135 Å². The van der Waals surface area contributed by atoms with E-state index in [4.69, 9.17) is 5.11 Å². The molecule has 1 atom stereocenters. The molecule has 2 N–H and O–H groups in total. The van der Waals surface area contributed by atoms with E-state index in [9.17, 15) is 14.4 Å². The predicted octanol–water partition coefficient (Wildman–Crippen LogP) is 1.90. The summed E-state index contributed by atoms with van der Waals surface area (Å²) < 4.78 is 0. The average Bonchev–Trinajstić information content (AvgIpc) is 2.52. The summed E-state index contributed by atoms with van der Waals surface area (Å²) in [4.78, 5) is 36.2. The van der Waals surface area contributed by atoms with Crippen LogP contribution >= 0.6 is 0 Å². The smallest absolute Gasteiger partial charge is 0.303 e. The fourth-order valence-electron chi connectivity index (χ4n) is 2.73. The van der Waals surface area contributed by atoms with E-state index in [-0.39, 0.29) is 24.2 Å². The van der Waals surface area contributed by atoms with Crippen LogP contribution in [0.1, 0.15) is 31.2 Å². The third-order valence-corrected chi connectivity index (χ3v) is 4.13. The van der Waals surface area contributed by atoms with Gasteiger partial charge in [-0.1, -0.05) is 18.2 Å². The maximum absolute atomic E-state index is 12.1. The van der Waals surface area contributed by atoms with Crippen LogP contribution in [0.25, 0.3) is 0 Å². The topological polar surface area (TPSA) is 86.7 Å². The van der Waals surface area contributed by atoms with Gasteiger partial charge in [-0.2, -0.15) is 0 Å². The molecule has 0 spiro atoms. The first kappa shape index (κ1) is 17.0. The third kappa shape index (κ3) is 4.81. The lowest BCUT2D eigenvalue weighted by molar-refractivity contribution is -0.138. The van der Waals surface area contributed by atoms with E-state index < -0.39 is 5.97 Å². The Balaban J connectivity index is 1.80. The Morgan fingerprint density at radius 2 is 2.04 bits per heavy atom. The maximum Gasteiger partial charge on any atom is 0.303 e. The number of carbonyl (C=O) groups excluding carboxylic acids is 2. The molecule has 1 aromatic carbocycles. The van der Waals surface area contributed by atoms with Gasteiger partial charge in [-0.25, -0.2) is 0 Å². The van der Waals surface area contributed by atoms with Crippen molar-refractivity contribution >= 4 is 23.5 Å². The van der Waals surface area contributed by atoms with E-state index in [0.29, 0.717) is 32.2 Å². The van der Waals surface area contributed by atoms with Gasteiger partial charge in [0, 0.05) is 38.0 Å². The second-order valence-electron chi connectivity index (χ2n) is 5.90. The van der Waals surface area contributed by atoms with E-state index >= 15 is 0 Å². The van der Waals surface area contributed by atoms with E-state index in [1.54, 1.807) is 7.05 Å². The molecule has 6 nitrogen and oxygen atoms in total. The predicted molar refractivity (Wildman–Crippen MR) is 86.0 cm³/mol. The molecule has 1 heterocycles. The summed E-state index contributed by atoms with van der Waals surface area (Å²) in [6.45, 7) is 0.421. The van der Waals surface area contributed by atoms with E-state index in [0.717, 1.165) is 11.3 Å². The van der Waals surface area contributed by atoms with Gasteiger partial charge in [0.15, 0.2) is 0 Å². The Kier molecular flexibility index (Phi) is 5.73. The van der Waals surface area contributed by atoms with Crippen molar-refractivity contribution in [3.05, 3.63) is 29.8 Å². The second-order valence-corrected chi connectivity index (χ2v) is 5.90. The number of anilines is 1. The zero-order chi connectivity index (χ0) is 16.8. The van der Waals surface area contributed by atoms with Crippen molar-refractivity contribution < 1.29 is 19.5 Å². The van der Waals surface area contributed by atoms with E-state index in [1.807, 2.05) is 24.3 Å². The molecule has 0 aliphatic carbocycles. The van der Waals surface area contributed by atoms with Crippen LogP contribution in [-0.4, -0.2) is 41.4 Å². The zero-order valence-corrected chi connectivity index (χ0v) is 13.2. The summed E-state index contributed by atoms with van der Waals surface area (Å²) in [6, 6.07) is 7.69. The summed E-state index contributed by atoms with van der Waals surface area (Å²) in [5, 5.41) is 11.5. The number of benzene rings is 1. The van der Waals surface area contributed by atoms with Gasteiger partial charge in [0.25, 0.3) is 0 Å². The third-order valence-electron chi connectivity index (χ3n) is 4.13. The van der Waals surface area contributed by atoms with E-state index in [1.165, 1.54) is 4.90 Å². The molecular formula is C17H22N2O4. The number of carboxylic acids is 1. The number of hydrogen-bond donors (Lipinski definition) is 2. The number of rotatable bonds is 7. The Bertz CT molecular complexity index is 600. The minimum Gasteiger partial charge on any atom is -0.481 e. The summed E-state index contributed by atoms with van der Waals surface area (Å²) in [5.74, 6) is -1.14. The van der Waals surface area contributed by atoms with Crippen LogP contribution in [0.15, 0.2) is 24.3 Å². The van der Waals surface area contributed by atoms with Gasteiger partial charge >= 0.3 is 5.97 Å². The number of nitrogens with zero attached hydrogens (tertiary/aromatic N) is 1. The van der Waals surface area contributed by atoms with Gasteiger partial charge in [0.05, 0.1) is 0 Å². The molecule has 0 saturated carbocycles. The number of amides is 2. The van der Waals surface area contributed by atoms with Crippen molar-refractivity contribution in [3.63, 3.8) is 0 Å². The van der Waals surface area contributed by atoms with Crippen molar-refractivity contribution in [1.82, 2.24) is 4.90 Å². The minimum absolute atomic E-state index is 0.0370. The highest BCUT2D eigenvalue weighted by Gasteiger charge is 2.26. The molecule has 0 aromatic heterocycles. The van der Waals surface area contributed by atoms with Crippen molar-refractivity contribution in [2.45, 2.75) is 32.1 Å². The maximum atomic E-state index is 12.1. The summed E-state index contributed by atoms with van der Waals surface area (Å²) in [6.07, 6.45) is 1.94. The molecule has 6 heteroatoms. The molecule has 2 rings (SSSR count). The van der Waals surface area contributed by atoms with Gasteiger partial charge in [-0.3, -0.25) is 14.4 Å². The minimum atomic E-state index is -0.858. The van der Waals surface area contributed by atoms with Crippen LogP contribution in [0.2, 0.25) is 0 Å². The van der Waals surface area contributed by atoms with Crippen molar-refractivity contribution in [1.29, 1.82) is 0 Å². The molecular weight excluding hydrogens is 296 g/mol. The number of carbonyl (C=O) groups is 3. The molecule has 124 valence electrons. The first-order valence-electron chi connectivity index (χ1n) is 7.82. The Hall–Kier alpha value is -2.37. The van der Waals surface area contributed by atoms with Crippen LogP contribution in [0.3, 0.4) is 0 Å². The zero-order valence-electron chi connectivity index (χ0n) is 13.2. The normalized spacial score (nSPS) is 16.4. The number of hydrogen-bond acceptors (Lipinski definition) is 3. The number of fused-ring (bicyclic) bond motifs is 1. The molecule has 1 aliphatic heterocycles. The molecule has 23 heavy (non-hydrogen) atoms. The molecule has 0 fully saturated rings. The molecule has 0 radical (unpaired) electrons. The van der Waals surface area contributed by atoms with Gasteiger partial charge in [-0.05, 0) is 30.9 Å². The highest BCUT2D eigenvalue weighted by atomic mass is 16.4. The summed E-state index contributed by atoms with van der Waals surface area (Å²) in [7, 11) is 1.67. The summed E-state index contributed by atoms with van der Waals surface area (Å²) in [5.41, 5.74) is 1.95. The molecule has 0 saturated heterocycles. The first-order valence-corrected chi connectivity index (χ1v) is 7.82. The highest BCUT2D eigenvalue weighted by molar-refractivity contribution is 5.96. The fourth-order valence-corrected chi connectivity index (χ4v) is 2.73. The fraction of sp³-hybridized carbons (Fsp3) is 0.471. The van der Waals surface area contributed by atoms with Gasteiger partial charge < -0.3 is 15.3 Å². The van der Waals surface area contributed by atoms with Gasteiger partial charge in [-0.15, -0.1) is 0 Å². The SMILES string of the molecule is CN(CCCC(=O)O)C(=O)CCC1Cc2ccccc2NC1=O. The largest absolute Gasteiger partial charge is 0.481 e.